The van der Waals surface area contributed by atoms with Crippen LogP contribution < -0.4 is 4.74 Å². The van der Waals surface area contributed by atoms with Gasteiger partial charge in [-0.15, -0.1) is 0 Å². The lowest BCUT2D eigenvalue weighted by Gasteiger charge is -2.09. The fourth-order valence-corrected chi connectivity index (χ4v) is 2.89. The quantitative estimate of drug-likeness (QED) is 0.649. The summed E-state index contributed by atoms with van der Waals surface area (Å²) in [6, 6.07) is 18.7. The molecular weight excluding hydrogens is 344 g/mol. The van der Waals surface area contributed by atoms with E-state index in [1.54, 1.807) is 13.2 Å². The van der Waals surface area contributed by atoms with Crippen LogP contribution >= 0.6 is 0 Å². The van der Waals surface area contributed by atoms with Crippen molar-refractivity contribution in [3.8, 4) is 5.75 Å². The van der Waals surface area contributed by atoms with Crippen LogP contribution in [0.25, 0.3) is 10.9 Å². The highest BCUT2D eigenvalue weighted by Gasteiger charge is 2.24. The average molecular weight is 362 g/mol. The van der Waals surface area contributed by atoms with E-state index in [4.69, 9.17) is 14.3 Å². The van der Waals surface area contributed by atoms with Crippen molar-refractivity contribution in [2.24, 2.45) is 5.16 Å². The molecule has 136 valence electrons. The van der Waals surface area contributed by atoms with Crippen molar-refractivity contribution in [1.82, 2.24) is 4.98 Å². The smallest absolute Gasteiger partial charge is 0.357 e. The number of methoxy groups -OCH3 is 1. The van der Waals surface area contributed by atoms with E-state index in [0.717, 1.165) is 27.9 Å². The molecule has 1 atom stereocenters. The molecule has 1 aliphatic heterocycles. The molecule has 3 aromatic rings. The van der Waals surface area contributed by atoms with Crippen LogP contribution in [0.4, 0.5) is 0 Å². The predicted octanol–water partition coefficient (Wildman–Crippen LogP) is 3.59. The predicted molar refractivity (Wildman–Crippen MR) is 101 cm³/mol. The van der Waals surface area contributed by atoms with Crippen LogP contribution in [-0.2, 0) is 9.57 Å². The highest BCUT2D eigenvalue weighted by atomic mass is 16.7. The van der Waals surface area contributed by atoms with Gasteiger partial charge in [0, 0.05) is 11.8 Å². The zero-order valence-electron chi connectivity index (χ0n) is 14.8. The number of pyridine rings is 1. The molecule has 0 radical (unpaired) electrons. The van der Waals surface area contributed by atoms with Crippen LogP contribution in [0.5, 0.6) is 5.75 Å². The van der Waals surface area contributed by atoms with Crippen molar-refractivity contribution in [2.75, 3.05) is 13.7 Å². The molecule has 4 rings (SSSR count). The van der Waals surface area contributed by atoms with Crippen LogP contribution in [-0.4, -0.2) is 36.5 Å². The summed E-state index contributed by atoms with van der Waals surface area (Å²) in [5, 5.41) is 5.08. The van der Waals surface area contributed by atoms with Crippen LogP contribution in [0.3, 0.4) is 0 Å². The first-order valence-corrected chi connectivity index (χ1v) is 8.63. The number of benzene rings is 2. The highest BCUT2D eigenvalue weighted by Crippen LogP contribution is 2.20. The van der Waals surface area contributed by atoms with Crippen LogP contribution in [0.1, 0.15) is 22.5 Å². The largest absolute Gasteiger partial charge is 0.497 e. The minimum Gasteiger partial charge on any atom is -0.497 e. The third kappa shape index (κ3) is 3.74. The molecule has 6 nitrogen and oxygen atoms in total. The zero-order valence-corrected chi connectivity index (χ0v) is 14.8. The summed E-state index contributed by atoms with van der Waals surface area (Å²) < 4.78 is 10.5. The Hall–Kier alpha value is -3.41. The van der Waals surface area contributed by atoms with Gasteiger partial charge in [-0.3, -0.25) is 0 Å². The standard InChI is InChI=1S/C21H18N2O4/c1-25-16-9-6-15(7-10-16)20-12-17(27-23-20)13-26-21(24)19-11-8-14-4-2-3-5-18(14)22-19/h2-11,17H,12-13H2,1H3/t17-/m0/s1. The molecule has 0 bridgehead atoms. The number of nitrogens with zero attached hydrogens (tertiary/aromatic N) is 2. The summed E-state index contributed by atoms with van der Waals surface area (Å²) in [6.45, 7) is 0.122. The van der Waals surface area contributed by atoms with Gasteiger partial charge in [0.15, 0.2) is 6.10 Å². The van der Waals surface area contributed by atoms with E-state index in [0.29, 0.717) is 6.42 Å². The van der Waals surface area contributed by atoms with Crippen molar-refractivity contribution < 1.29 is 19.1 Å². The minimum atomic E-state index is -0.470. The van der Waals surface area contributed by atoms with Gasteiger partial charge in [0.25, 0.3) is 0 Å². The second-order valence-electron chi connectivity index (χ2n) is 6.19. The Balaban J connectivity index is 1.34. The highest BCUT2D eigenvalue weighted by molar-refractivity contribution is 6.01. The second kappa shape index (κ2) is 7.45. The Morgan fingerprint density at radius 3 is 2.74 bits per heavy atom. The van der Waals surface area contributed by atoms with Crippen molar-refractivity contribution in [1.29, 1.82) is 0 Å². The fraction of sp³-hybridized carbons (Fsp3) is 0.190. The van der Waals surface area contributed by atoms with E-state index in [9.17, 15) is 4.79 Å². The molecule has 0 saturated heterocycles. The SMILES string of the molecule is COc1ccc(C2=NO[C@H](COC(=O)c3ccc4ccccc4n3)C2)cc1. The Labute approximate surface area is 156 Å². The van der Waals surface area contributed by atoms with Gasteiger partial charge in [-0.25, -0.2) is 9.78 Å². The number of para-hydroxylation sites is 1. The summed E-state index contributed by atoms with van der Waals surface area (Å²) in [6.07, 6.45) is 0.275. The van der Waals surface area contributed by atoms with Gasteiger partial charge >= 0.3 is 5.97 Å². The average Bonchev–Trinajstić information content (AvgIpc) is 3.21. The van der Waals surface area contributed by atoms with E-state index in [1.165, 1.54) is 0 Å². The number of ether oxygens (including phenoxy) is 2. The van der Waals surface area contributed by atoms with E-state index >= 15 is 0 Å². The lowest BCUT2D eigenvalue weighted by Crippen LogP contribution is -2.20. The van der Waals surface area contributed by atoms with Crippen molar-refractivity contribution in [3.05, 3.63) is 71.9 Å². The Morgan fingerprint density at radius 2 is 1.93 bits per heavy atom. The van der Waals surface area contributed by atoms with E-state index in [-0.39, 0.29) is 18.4 Å². The second-order valence-corrected chi connectivity index (χ2v) is 6.19. The molecule has 27 heavy (non-hydrogen) atoms. The van der Waals surface area contributed by atoms with Gasteiger partial charge in [0.05, 0.1) is 18.3 Å². The molecule has 1 aliphatic rings. The maximum absolute atomic E-state index is 12.3. The summed E-state index contributed by atoms with van der Waals surface area (Å²) in [7, 11) is 1.62. The van der Waals surface area contributed by atoms with Gasteiger partial charge in [0.2, 0.25) is 0 Å². The van der Waals surface area contributed by atoms with Gasteiger partial charge in [0.1, 0.15) is 18.1 Å². The fourth-order valence-electron chi connectivity index (χ4n) is 2.89. The maximum atomic E-state index is 12.3. The third-order valence-electron chi connectivity index (χ3n) is 4.36. The first kappa shape index (κ1) is 17.0. The number of carbonyl (C=O) groups is 1. The lowest BCUT2D eigenvalue weighted by molar-refractivity contribution is 0.00647. The molecule has 2 aromatic carbocycles. The first-order valence-electron chi connectivity index (χ1n) is 8.63. The van der Waals surface area contributed by atoms with Crippen LogP contribution in [0, 0.1) is 0 Å². The monoisotopic (exact) mass is 362 g/mol. The first-order chi connectivity index (χ1) is 13.2. The molecule has 0 amide bonds. The van der Waals surface area contributed by atoms with Crippen molar-refractivity contribution in [2.45, 2.75) is 12.5 Å². The summed E-state index contributed by atoms with van der Waals surface area (Å²) in [4.78, 5) is 22.0. The van der Waals surface area contributed by atoms with Crippen molar-refractivity contribution >= 4 is 22.6 Å². The number of aromatic nitrogens is 1. The molecule has 0 fully saturated rings. The topological polar surface area (TPSA) is 70.0 Å². The molecule has 2 heterocycles. The molecule has 0 unspecified atom stereocenters. The number of oxime groups is 1. The normalized spacial score (nSPS) is 15.9. The van der Waals surface area contributed by atoms with E-state index < -0.39 is 5.97 Å². The van der Waals surface area contributed by atoms with E-state index in [2.05, 4.69) is 10.1 Å². The summed E-state index contributed by atoms with van der Waals surface area (Å²) in [5.41, 5.74) is 2.82. The molecule has 0 saturated carbocycles. The molecule has 0 aliphatic carbocycles. The van der Waals surface area contributed by atoms with Crippen LogP contribution in [0.15, 0.2) is 65.8 Å². The van der Waals surface area contributed by atoms with Crippen LogP contribution in [0.2, 0.25) is 0 Å². The van der Waals surface area contributed by atoms with Gasteiger partial charge < -0.3 is 14.3 Å². The Bertz CT molecular complexity index is 998. The van der Waals surface area contributed by atoms with Gasteiger partial charge in [-0.2, -0.15) is 0 Å². The minimum absolute atomic E-state index is 0.122. The number of fused-ring (bicyclic) bond motifs is 1. The molecule has 0 N–H and O–H groups in total. The lowest BCUT2D eigenvalue weighted by atomic mass is 10.1. The van der Waals surface area contributed by atoms with Crippen molar-refractivity contribution in [3.63, 3.8) is 0 Å². The van der Waals surface area contributed by atoms with Gasteiger partial charge in [-0.05, 0) is 42.0 Å². The molecular formula is C21H18N2O4. The Morgan fingerprint density at radius 1 is 1.11 bits per heavy atom. The number of hydrogen-bond acceptors (Lipinski definition) is 6. The summed E-state index contributed by atoms with van der Waals surface area (Å²) in [5.74, 6) is 0.314. The summed E-state index contributed by atoms with van der Waals surface area (Å²) >= 11 is 0. The zero-order chi connectivity index (χ0) is 18.6. The van der Waals surface area contributed by atoms with Gasteiger partial charge in [-0.1, -0.05) is 29.4 Å². The molecule has 1 aromatic heterocycles. The van der Waals surface area contributed by atoms with E-state index in [1.807, 2.05) is 54.6 Å². The molecule has 6 heteroatoms. The number of rotatable bonds is 5. The number of esters is 1. The third-order valence-corrected chi connectivity index (χ3v) is 4.36. The Kier molecular flexibility index (Phi) is 4.70. The number of hydrogen-bond donors (Lipinski definition) is 0. The maximum Gasteiger partial charge on any atom is 0.357 e. The number of carbonyl (C=O) groups excluding carboxylic acids is 1. The molecule has 0 spiro atoms.